The number of hydrogen-bond acceptors (Lipinski definition) is 2. The molecule has 2 nitrogen and oxygen atoms in total. The molecule has 0 aromatic heterocycles. The Bertz CT molecular complexity index is 251. The fourth-order valence-electron chi connectivity index (χ4n) is 1.97. The lowest BCUT2D eigenvalue weighted by Crippen LogP contribution is -2.13. The summed E-state index contributed by atoms with van der Waals surface area (Å²) in [5, 5.41) is 3.23. The summed E-state index contributed by atoms with van der Waals surface area (Å²) in [7, 11) is 1.98. The molecule has 1 N–H and O–H groups in total. The maximum absolute atomic E-state index is 5.49. The molecule has 0 radical (unpaired) electrons. The minimum atomic E-state index is 0.596. The summed E-state index contributed by atoms with van der Waals surface area (Å²) in [6.07, 6.45) is 3.27. The molecule has 16 heavy (non-hydrogen) atoms. The van der Waals surface area contributed by atoms with E-state index in [1.807, 2.05) is 20.9 Å². The molecule has 0 atom stereocenters. The van der Waals surface area contributed by atoms with E-state index in [0.29, 0.717) is 5.92 Å². The Morgan fingerprint density at radius 2 is 1.94 bits per heavy atom. The lowest BCUT2D eigenvalue weighted by atomic mass is 9.94. The van der Waals surface area contributed by atoms with Gasteiger partial charge in [-0.2, -0.15) is 0 Å². The number of rotatable bonds is 7. The van der Waals surface area contributed by atoms with Crippen molar-refractivity contribution in [2.75, 3.05) is 20.2 Å². The van der Waals surface area contributed by atoms with Gasteiger partial charge >= 0.3 is 0 Å². The Morgan fingerprint density at radius 1 is 1.31 bits per heavy atom. The van der Waals surface area contributed by atoms with Gasteiger partial charge in [0.25, 0.3) is 0 Å². The zero-order valence-electron chi connectivity index (χ0n) is 11.7. The maximum atomic E-state index is 5.49. The first kappa shape index (κ1) is 15.2. The molecule has 0 aromatic rings. The van der Waals surface area contributed by atoms with E-state index in [0.717, 1.165) is 25.3 Å². The number of allylic oxidation sites excluding steroid dienone is 2. The van der Waals surface area contributed by atoms with E-state index in [1.54, 1.807) is 0 Å². The quantitative estimate of drug-likeness (QED) is 0.529. The molecule has 0 rings (SSSR count). The molecule has 2 heteroatoms. The van der Waals surface area contributed by atoms with Gasteiger partial charge in [-0.1, -0.05) is 26.3 Å². The van der Waals surface area contributed by atoms with Gasteiger partial charge in [-0.25, -0.2) is 0 Å². The second-order valence-electron chi connectivity index (χ2n) is 4.28. The van der Waals surface area contributed by atoms with Crippen LogP contribution in [-0.4, -0.2) is 20.2 Å². The second kappa shape index (κ2) is 8.40. The van der Waals surface area contributed by atoms with Gasteiger partial charge in [0.05, 0.1) is 12.4 Å². The van der Waals surface area contributed by atoms with Crippen LogP contribution in [0.4, 0.5) is 0 Å². The number of likely N-dealkylation sites (N-methyl/N-ethyl adjacent to an activating group) is 1. The van der Waals surface area contributed by atoms with E-state index in [-0.39, 0.29) is 0 Å². The minimum Gasteiger partial charge on any atom is -0.499 e. The van der Waals surface area contributed by atoms with Crippen LogP contribution in [0.25, 0.3) is 0 Å². The van der Waals surface area contributed by atoms with Crippen molar-refractivity contribution in [1.29, 1.82) is 0 Å². The van der Waals surface area contributed by atoms with E-state index >= 15 is 0 Å². The summed E-state index contributed by atoms with van der Waals surface area (Å²) >= 11 is 0. The molecule has 0 fully saturated rings. The highest BCUT2D eigenvalue weighted by atomic mass is 16.5. The smallest absolute Gasteiger partial charge is 0.0931 e. The average Bonchev–Trinajstić information content (AvgIpc) is 2.18. The molecular weight excluding hydrogens is 198 g/mol. The molecule has 0 spiro atoms. The molecule has 0 unspecified atom stereocenters. The topological polar surface area (TPSA) is 21.3 Å². The van der Waals surface area contributed by atoms with Crippen molar-refractivity contribution >= 4 is 0 Å². The third-order valence-corrected chi connectivity index (χ3v) is 2.61. The molecule has 0 aliphatic rings. The van der Waals surface area contributed by atoms with Gasteiger partial charge in [-0.05, 0) is 44.9 Å². The van der Waals surface area contributed by atoms with Crippen LogP contribution in [0.1, 0.15) is 41.0 Å². The lowest BCUT2D eigenvalue weighted by Gasteiger charge is -2.15. The molecule has 94 valence electrons. The van der Waals surface area contributed by atoms with Crippen LogP contribution in [0.5, 0.6) is 0 Å². The van der Waals surface area contributed by atoms with Crippen LogP contribution in [0.2, 0.25) is 0 Å². The van der Waals surface area contributed by atoms with E-state index < -0.39 is 0 Å². The molecule has 0 aromatic carbocycles. The average molecular weight is 225 g/mol. The van der Waals surface area contributed by atoms with Crippen LogP contribution >= 0.6 is 0 Å². The number of nitrogens with one attached hydrogen (secondary N) is 1. The molecule has 0 saturated heterocycles. The second-order valence-corrected chi connectivity index (χ2v) is 4.28. The van der Waals surface area contributed by atoms with Gasteiger partial charge in [0.1, 0.15) is 0 Å². The molecule has 0 aliphatic heterocycles. The SMILES string of the molecule is CCO/C(C)=C/C(CNC)=C(\CC)C(C)C. The number of ether oxygens (including phenoxy) is 1. The fraction of sp³-hybridized carbons (Fsp3) is 0.714. The summed E-state index contributed by atoms with van der Waals surface area (Å²) in [5.41, 5.74) is 2.87. The highest BCUT2D eigenvalue weighted by Gasteiger charge is 2.07. The normalized spacial score (nSPS) is 14.1. The summed E-state index contributed by atoms with van der Waals surface area (Å²) in [5.74, 6) is 1.60. The highest BCUT2D eigenvalue weighted by Crippen LogP contribution is 2.20. The van der Waals surface area contributed by atoms with Crippen molar-refractivity contribution in [2.24, 2.45) is 5.92 Å². The van der Waals surface area contributed by atoms with Crippen molar-refractivity contribution in [3.63, 3.8) is 0 Å². The predicted molar refractivity (Wildman–Crippen MR) is 71.5 cm³/mol. The molecule has 0 saturated carbocycles. The summed E-state index contributed by atoms with van der Waals surface area (Å²) in [6.45, 7) is 12.4. The van der Waals surface area contributed by atoms with Crippen molar-refractivity contribution < 1.29 is 4.74 Å². The van der Waals surface area contributed by atoms with Crippen molar-refractivity contribution in [2.45, 2.75) is 41.0 Å². The Balaban J connectivity index is 5.02. The third kappa shape index (κ3) is 5.36. The molecular formula is C14H27NO. The first-order valence-corrected chi connectivity index (χ1v) is 6.24. The van der Waals surface area contributed by atoms with E-state index in [9.17, 15) is 0 Å². The van der Waals surface area contributed by atoms with E-state index in [4.69, 9.17) is 4.74 Å². The van der Waals surface area contributed by atoms with Crippen LogP contribution in [-0.2, 0) is 4.74 Å². The van der Waals surface area contributed by atoms with Gasteiger partial charge in [0.2, 0.25) is 0 Å². The monoisotopic (exact) mass is 225 g/mol. The molecule has 0 bridgehead atoms. The molecule has 0 amide bonds. The van der Waals surface area contributed by atoms with Crippen LogP contribution in [0.15, 0.2) is 23.0 Å². The Labute approximate surface area is 101 Å². The third-order valence-electron chi connectivity index (χ3n) is 2.61. The van der Waals surface area contributed by atoms with Crippen molar-refractivity contribution in [3.8, 4) is 0 Å². The highest BCUT2D eigenvalue weighted by molar-refractivity contribution is 5.29. The summed E-state index contributed by atoms with van der Waals surface area (Å²) in [6, 6.07) is 0. The first-order chi connectivity index (χ1) is 7.56. The summed E-state index contributed by atoms with van der Waals surface area (Å²) < 4.78 is 5.49. The maximum Gasteiger partial charge on any atom is 0.0931 e. The number of hydrogen-bond donors (Lipinski definition) is 1. The molecule has 0 heterocycles. The van der Waals surface area contributed by atoms with Crippen LogP contribution < -0.4 is 5.32 Å². The Kier molecular flexibility index (Phi) is 8.00. The predicted octanol–water partition coefficient (Wildman–Crippen LogP) is 3.51. The largest absolute Gasteiger partial charge is 0.499 e. The Morgan fingerprint density at radius 3 is 2.31 bits per heavy atom. The fourth-order valence-corrected chi connectivity index (χ4v) is 1.97. The van der Waals surface area contributed by atoms with E-state index in [1.165, 1.54) is 11.1 Å². The standard InChI is InChI=1S/C14H27NO/c1-7-14(11(3)4)13(10-15-6)9-12(5)16-8-2/h9,11,15H,7-8,10H2,1-6H3/b12-9+,14-13-. The first-order valence-electron chi connectivity index (χ1n) is 6.24. The van der Waals surface area contributed by atoms with Gasteiger partial charge in [-0.15, -0.1) is 0 Å². The van der Waals surface area contributed by atoms with Gasteiger partial charge in [-0.3, -0.25) is 0 Å². The van der Waals surface area contributed by atoms with Gasteiger partial charge < -0.3 is 10.1 Å². The van der Waals surface area contributed by atoms with Crippen molar-refractivity contribution in [1.82, 2.24) is 5.32 Å². The minimum absolute atomic E-state index is 0.596. The van der Waals surface area contributed by atoms with E-state index in [2.05, 4.69) is 32.2 Å². The summed E-state index contributed by atoms with van der Waals surface area (Å²) in [4.78, 5) is 0. The van der Waals surface area contributed by atoms with Crippen molar-refractivity contribution in [3.05, 3.63) is 23.0 Å². The lowest BCUT2D eigenvalue weighted by molar-refractivity contribution is 0.231. The Hall–Kier alpha value is -0.760. The van der Waals surface area contributed by atoms with Gasteiger partial charge in [0, 0.05) is 6.54 Å². The van der Waals surface area contributed by atoms with Crippen LogP contribution in [0.3, 0.4) is 0 Å². The molecule has 0 aliphatic carbocycles. The van der Waals surface area contributed by atoms with Crippen LogP contribution in [0, 0.1) is 5.92 Å². The van der Waals surface area contributed by atoms with Gasteiger partial charge in [0.15, 0.2) is 0 Å². The zero-order chi connectivity index (χ0) is 12.6. The zero-order valence-corrected chi connectivity index (χ0v) is 11.7.